The predicted molar refractivity (Wildman–Crippen MR) is 132 cm³/mol. The van der Waals surface area contributed by atoms with Crippen molar-refractivity contribution in [2.75, 3.05) is 55.0 Å². The van der Waals surface area contributed by atoms with E-state index >= 15 is 0 Å². The lowest BCUT2D eigenvalue weighted by atomic mass is 10.1. The number of hydrogen-bond acceptors (Lipinski definition) is 8. The highest BCUT2D eigenvalue weighted by atomic mass is 16.5. The summed E-state index contributed by atoms with van der Waals surface area (Å²) in [6, 6.07) is 8.28. The van der Waals surface area contributed by atoms with Crippen LogP contribution in [-0.2, 0) is 11.2 Å². The summed E-state index contributed by atoms with van der Waals surface area (Å²) in [5.41, 5.74) is 5.73. The Bertz CT molecular complexity index is 1330. The fourth-order valence-corrected chi connectivity index (χ4v) is 4.44. The van der Waals surface area contributed by atoms with Crippen molar-refractivity contribution in [1.29, 1.82) is 0 Å². The van der Waals surface area contributed by atoms with Gasteiger partial charge in [-0.3, -0.25) is 0 Å². The number of imidazole rings is 1. The van der Waals surface area contributed by atoms with E-state index in [2.05, 4.69) is 39.6 Å². The molecule has 0 saturated carbocycles. The summed E-state index contributed by atoms with van der Waals surface area (Å²) < 4.78 is 13.2. The molecule has 34 heavy (non-hydrogen) atoms. The van der Waals surface area contributed by atoms with Crippen LogP contribution in [0, 0.1) is 0 Å². The molecule has 1 aromatic carbocycles. The summed E-state index contributed by atoms with van der Waals surface area (Å²) >= 11 is 0. The molecule has 6 rings (SSSR count). The second-order valence-corrected chi connectivity index (χ2v) is 8.40. The van der Waals surface area contributed by atoms with Crippen molar-refractivity contribution in [2.24, 2.45) is 0 Å². The Kier molecular flexibility index (Phi) is 5.38. The molecular weight excluding hydrogens is 430 g/mol. The molecule has 0 radical (unpaired) electrons. The largest absolute Gasteiger partial charge is 0.490 e. The van der Waals surface area contributed by atoms with Gasteiger partial charge in [-0.15, -0.1) is 0 Å². The fourth-order valence-electron chi connectivity index (χ4n) is 4.44. The molecule has 9 heteroatoms. The van der Waals surface area contributed by atoms with Crippen molar-refractivity contribution in [3.05, 3.63) is 54.6 Å². The summed E-state index contributed by atoms with van der Waals surface area (Å²) in [6.45, 7) is 6.83. The number of pyridine rings is 1. The molecule has 174 valence electrons. The van der Waals surface area contributed by atoms with Crippen LogP contribution in [0.1, 0.15) is 12.5 Å². The first-order valence-corrected chi connectivity index (χ1v) is 11.7. The Hall–Kier alpha value is -3.85. The van der Waals surface area contributed by atoms with Gasteiger partial charge in [0.1, 0.15) is 18.2 Å². The van der Waals surface area contributed by atoms with Gasteiger partial charge in [0.25, 0.3) is 0 Å². The normalized spacial score (nSPS) is 15.5. The quantitative estimate of drug-likeness (QED) is 0.469. The highest BCUT2D eigenvalue weighted by Gasteiger charge is 2.17. The van der Waals surface area contributed by atoms with Gasteiger partial charge in [-0.2, -0.15) is 0 Å². The first kappa shape index (κ1) is 20.7. The minimum Gasteiger partial charge on any atom is -0.490 e. The van der Waals surface area contributed by atoms with Crippen molar-refractivity contribution in [3.63, 3.8) is 0 Å². The second kappa shape index (κ2) is 8.83. The molecule has 0 unspecified atom stereocenters. The Labute approximate surface area is 197 Å². The highest BCUT2D eigenvalue weighted by molar-refractivity contribution is 5.77. The van der Waals surface area contributed by atoms with Crippen molar-refractivity contribution >= 4 is 28.7 Å². The molecule has 4 aromatic rings. The van der Waals surface area contributed by atoms with Crippen LogP contribution in [0.25, 0.3) is 16.9 Å². The third-order valence-electron chi connectivity index (χ3n) is 6.27. The molecule has 0 amide bonds. The minimum absolute atomic E-state index is 0.678. The number of nitrogens with one attached hydrogen (secondary N) is 2. The van der Waals surface area contributed by atoms with Gasteiger partial charge in [-0.25, -0.2) is 15.0 Å². The lowest BCUT2D eigenvalue weighted by molar-refractivity contribution is 0.122. The highest BCUT2D eigenvalue weighted by Crippen LogP contribution is 2.33. The van der Waals surface area contributed by atoms with Crippen LogP contribution in [0.3, 0.4) is 0 Å². The van der Waals surface area contributed by atoms with E-state index in [1.807, 2.05) is 35.1 Å². The predicted octanol–water partition coefficient (Wildman–Crippen LogP) is 3.74. The topological polar surface area (TPSA) is 88.8 Å². The molecule has 2 aliphatic heterocycles. The van der Waals surface area contributed by atoms with Crippen LogP contribution in [0.4, 0.5) is 23.0 Å². The van der Waals surface area contributed by atoms with Crippen molar-refractivity contribution < 1.29 is 9.47 Å². The third kappa shape index (κ3) is 3.88. The van der Waals surface area contributed by atoms with E-state index in [1.54, 1.807) is 6.20 Å². The smallest absolute Gasteiger partial charge is 0.180 e. The summed E-state index contributed by atoms with van der Waals surface area (Å²) in [5, 5.41) is 6.91. The lowest BCUT2D eigenvalue weighted by Crippen LogP contribution is -2.36. The average molecular weight is 458 g/mol. The van der Waals surface area contributed by atoms with E-state index in [0.717, 1.165) is 79.1 Å². The number of fused-ring (bicyclic) bond motifs is 2. The molecule has 0 aliphatic carbocycles. The molecule has 0 atom stereocenters. The number of ether oxygens (including phenoxy) is 2. The van der Waals surface area contributed by atoms with Crippen LogP contribution >= 0.6 is 0 Å². The van der Waals surface area contributed by atoms with E-state index in [-0.39, 0.29) is 0 Å². The lowest BCUT2D eigenvalue weighted by Gasteiger charge is -2.28. The number of nitrogens with zero attached hydrogens (tertiary/aromatic N) is 5. The van der Waals surface area contributed by atoms with E-state index in [0.29, 0.717) is 12.4 Å². The monoisotopic (exact) mass is 457 g/mol. The van der Waals surface area contributed by atoms with Crippen LogP contribution in [0.5, 0.6) is 5.75 Å². The Morgan fingerprint density at radius 1 is 1.12 bits per heavy atom. The molecule has 2 N–H and O–H groups in total. The molecule has 9 nitrogen and oxygen atoms in total. The second-order valence-electron chi connectivity index (χ2n) is 8.40. The minimum atomic E-state index is 0.678. The molecule has 3 aromatic heterocycles. The van der Waals surface area contributed by atoms with E-state index < -0.39 is 0 Å². The number of hydrogen-bond donors (Lipinski definition) is 2. The number of aryl methyl sites for hydroxylation is 1. The molecule has 0 bridgehead atoms. The van der Waals surface area contributed by atoms with Gasteiger partial charge in [0.05, 0.1) is 36.5 Å². The zero-order valence-corrected chi connectivity index (χ0v) is 19.1. The van der Waals surface area contributed by atoms with Crippen molar-refractivity contribution in [2.45, 2.75) is 13.3 Å². The molecule has 5 heterocycles. The Morgan fingerprint density at radius 2 is 2.03 bits per heavy atom. The van der Waals surface area contributed by atoms with Gasteiger partial charge in [0.2, 0.25) is 0 Å². The maximum absolute atomic E-state index is 5.73. The Balaban J connectivity index is 1.36. The number of anilines is 4. The van der Waals surface area contributed by atoms with Gasteiger partial charge >= 0.3 is 0 Å². The zero-order chi connectivity index (χ0) is 22.9. The molecule has 2 aliphatic rings. The molecule has 1 saturated heterocycles. The van der Waals surface area contributed by atoms with Gasteiger partial charge < -0.3 is 29.4 Å². The SMILES string of the molecule is CCc1cc(N2CCOCC2)ncc1Nc1nc(-c2ccc3c(c2)NCCO3)cn2ccnc12. The molecule has 0 spiro atoms. The van der Waals surface area contributed by atoms with E-state index in [4.69, 9.17) is 19.4 Å². The molecule has 1 fully saturated rings. The standard InChI is InChI=1S/C25H27N7O2/c1-2-17-14-23(31-8-11-33-12-9-31)28-15-20(17)29-24-25-27-5-7-32(25)16-21(30-24)18-3-4-22-19(13-18)26-6-10-34-22/h3-5,7,13-16,26H,2,6,8-12H2,1H3,(H,29,30). The van der Waals surface area contributed by atoms with Crippen LogP contribution in [-0.4, -0.2) is 58.8 Å². The number of aromatic nitrogens is 4. The third-order valence-corrected chi connectivity index (χ3v) is 6.27. The van der Waals surface area contributed by atoms with Crippen LogP contribution < -0.4 is 20.3 Å². The summed E-state index contributed by atoms with van der Waals surface area (Å²) in [4.78, 5) is 16.5. The van der Waals surface area contributed by atoms with Gasteiger partial charge in [0.15, 0.2) is 11.5 Å². The van der Waals surface area contributed by atoms with Gasteiger partial charge in [0, 0.05) is 43.8 Å². The fraction of sp³-hybridized carbons (Fsp3) is 0.320. The summed E-state index contributed by atoms with van der Waals surface area (Å²) in [7, 11) is 0. The first-order chi connectivity index (χ1) is 16.8. The maximum atomic E-state index is 5.73. The summed E-state index contributed by atoms with van der Waals surface area (Å²) in [6.07, 6.45) is 8.50. The maximum Gasteiger partial charge on any atom is 0.180 e. The average Bonchev–Trinajstić information content (AvgIpc) is 3.38. The number of morpholine rings is 1. The first-order valence-electron chi connectivity index (χ1n) is 11.7. The van der Waals surface area contributed by atoms with Crippen molar-refractivity contribution in [1.82, 2.24) is 19.4 Å². The number of rotatable bonds is 5. The van der Waals surface area contributed by atoms with E-state index in [1.165, 1.54) is 5.56 Å². The van der Waals surface area contributed by atoms with Crippen LogP contribution in [0.2, 0.25) is 0 Å². The van der Waals surface area contributed by atoms with Crippen molar-refractivity contribution in [3.8, 4) is 17.0 Å². The van der Waals surface area contributed by atoms with Gasteiger partial charge in [-0.05, 0) is 36.2 Å². The molecular formula is C25H27N7O2. The summed E-state index contributed by atoms with van der Waals surface area (Å²) in [5.74, 6) is 2.55. The number of benzene rings is 1. The Morgan fingerprint density at radius 3 is 2.91 bits per heavy atom. The zero-order valence-electron chi connectivity index (χ0n) is 19.1. The van der Waals surface area contributed by atoms with E-state index in [9.17, 15) is 0 Å². The van der Waals surface area contributed by atoms with Gasteiger partial charge in [-0.1, -0.05) is 6.92 Å². The van der Waals surface area contributed by atoms with Crippen LogP contribution in [0.15, 0.2) is 49.1 Å².